The molecule has 414 valence electrons. The monoisotopic (exact) mass is 1200 g/mol. The lowest BCUT2D eigenvalue weighted by Crippen LogP contribution is -2.31. The van der Waals surface area contributed by atoms with E-state index >= 15 is 8.78 Å². The van der Waals surface area contributed by atoms with E-state index in [1.165, 1.54) is 154 Å². The van der Waals surface area contributed by atoms with Crippen molar-refractivity contribution < 1.29 is 8.78 Å². The summed E-state index contributed by atoms with van der Waals surface area (Å²) in [6, 6.07) is 25.8. The zero-order valence-electron chi connectivity index (χ0n) is 46.5. The minimum atomic E-state index is -0.276. The topological polar surface area (TPSA) is 51.6 Å². The van der Waals surface area contributed by atoms with Gasteiger partial charge in [0, 0.05) is 75.1 Å². The van der Waals surface area contributed by atoms with Gasteiger partial charge in [-0.3, -0.25) is 0 Å². The summed E-state index contributed by atoms with van der Waals surface area (Å²) in [5.41, 5.74) is 7.94. The van der Waals surface area contributed by atoms with E-state index in [2.05, 4.69) is 102 Å². The van der Waals surface area contributed by atoms with Crippen LogP contribution in [0.5, 0.6) is 0 Å². The molecule has 11 rings (SSSR count). The summed E-state index contributed by atoms with van der Waals surface area (Å²) in [4.78, 5) is 13.9. The Balaban J connectivity index is 0.990. The average molecular weight is 1200 g/mol. The average Bonchev–Trinajstić information content (AvgIpc) is 3.70. The zero-order chi connectivity index (χ0) is 54.6. The number of nitrogens with zero attached hydrogens (tertiary/aromatic N) is 4. The van der Waals surface area contributed by atoms with Gasteiger partial charge in [-0.05, 0) is 134 Å². The summed E-state index contributed by atoms with van der Waals surface area (Å²) in [6.07, 6.45) is 23.6. The third-order valence-corrected chi connectivity index (χ3v) is 25.1. The quantitative estimate of drug-likeness (QED) is 0.0459. The number of unbranched alkanes of at least 4 members (excludes halogenated alkanes) is 8. The van der Waals surface area contributed by atoms with Crippen LogP contribution in [-0.2, 0) is 18.3 Å². The first-order valence-corrected chi connectivity index (χ1v) is 35.6. The summed E-state index contributed by atoms with van der Waals surface area (Å²) < 4.78 is 54.1. The van der Waals surface area contributed by atoms with Crippen molar-refractivity contribution in [2.75, 3.05) is 0 Å². The zero-order valence-corrected chi connectivity index (χ0v) is 53.1. The molecule has 2 aromatic carbocycles. The van der Waals surface area contributed by atoms with Crippen LogP contribution in [0.3, 0.4) is 0 Å². The van der Waals surface area contributed by atoms with E-state index in [9.17, 15) is 0 Å². The first-order valence-electron chi connectivity index (χ1n) is 29.3. The lowest BCUT2D eigenvalue weighted by Gasteiger charge is -2.37. The molecule has 2 atom stereocenters. The van der Waals surface area contributed by atoms with Gasteiger partial charge in [-0.15, -0.1) is 68.0 Å². The predicted molar refractivity (Wildman–Crippen MR) is 346 cm³/mol. The number of fused-ring (bicyclic) bond motifs is 5. The smallest absolute Gasteiger partial charge is 0.134 e. The fourth-order valence-corrected chi connectivity index (χ4v) is 20.5. The number of rotatable bonds is 28. The van der Waals surface area contributed by atoms with Gasteiger partial charge in [0.05, 0.1) is 34.6 Å². The fourth-order valence-electron chi connectivity index (χ4n) is 12.3. The molecular formula is C65H72F2N4S8. The minimum absolute atomic E-state index is 0.263. The molecule has 0 saturated carbocycles. The van der Waals surface area contributed by atoms with E-state index in [1.807, 2.05) is 22.7 Å². The van der Waals surface area contributed by atoms with Crippen LogP contribution in [0, 0.1) is 23.5 Å². The summed E-state index contributed by atoms with van der Waals surface area (Å²) >= 11 is 12.9. The van der Waals surface area contributed by atoms with Gasteiger partial charge < -0.3 is 0 Å². The lowest BCUT2D eigenvalue weighted by molar-refractivity contribution is 0.266. The van der Waals surface area contributed by atoms with Crippen molar-refractivity contribution in [3.05, 3.63) is 105 Å². The van der Waals surface area contributed by atoms with Gasteiger partial charge in [0.2, 0.25) is 0 Å². The van der Waals surface area contributed by atoms with E-state index in [0.717, 1.165) is 89.9 Å². The Kier molecular flexibility index (Phi) is 18.6. The molecule has 10 aromatic rings. The van der Waals surface area contributed by atoms with Crippen LogP contribution in [0.1, 0.15) is 178 Å². The summed E-state index contributed by atoms with van der Waals surface area (Å²) in [5.74, 6) is 0.521. The second-order valence-electron chi connectivity index (χ2n) is 22.0. The van der Waals surface area contributed by atoms with Gasteiger partial charge in [-0.2, -0.15) is 17.5 Å². The first-order chi connectivity index (χ1) is 38.7. The molecule has 0 bridgehead atoms. The third-order valence-electron chi connectivity index (χ3n) is 16.6. The number of hydrogen-bond donors (Lipinski definition) is 0. The maximum absolute atomic E-state index is 17.2. The molecule has 1 aliphatic rings. The van der Waals surface area contributed by atoms with Crippen LogP contribution in [0.2, 0.25) is 0 Å². The maximum atomic E-state index is 17.2. The number of thiophene rings is 6. The molecule has 4 nitrogen and oxygen atoms in total. The largest absolute Gasteiger partial charge is 0.206 e. The number of benzene rings is 2. The van der Waals surface area contributed by atoms with E-state index < -0.39 is 0 Å². The van der Waals surface area contributed by atoms with Crippen molar-refractivity contribution in [1.29, 1.82) is 0 Å². The Morgan fingerprint density at radius 3 is 1.22 bits per heavy atom. The normalized spacial score (nSPS) is 13.8. The van der Waals surface area contributed by atoms with Crippen LogP contribution in [0.15, 0.2) is 72.8 Å². The SMILES string of the molecule is CCCCCCc1ccc(-c2ccc(-c3c(F)cc(-c4cc5c(s4)-c4sc(-c6cc(F)c(-c7ccc(-c8ccc(CCCCCC)s8)s7)c7nsnc67)cc4C5(CC(CC)CCCC)CC(CC)CCCC)c4nsnc34)s2)s1. The molecular weight excluding hydrogens is 1130 g/mol. The van der Waals surface area contributed by atoms with E-state index in [-0.39, 0.29) is 17.0 Å². The van der Waals surface area contributed by atoms with E-state index in [0.29, 0.717) is 34.0 Å². The lowest BCUT2D eigenvalue weighted by atomic mass is 9.65. The molecule has 14 heteroatoms. The second-order valence-corrected chi connectivity index (χ2v) is 29.7. The van der Waals surface area contributed by atoms with Gasteiger partial charge in [0.1, 0.15) is 33.7 Å². The number of hydrogen-bond acceptors (Lipinski definition) is 12. The number of halogens is 2. The highest BCUT2D eigenvalue weighted by Crippen LogP contribution is 2.63. The molecule has 0 fully saturated rings. The van der Waals surface area contributed by atoms with Crippen molar-refractivity contribution in [1.82, 2.24) is 17.5 Å². The van der Waals surface area contributed by atoms with Crippen LogP contribution in [0.4, 0.5) is 8.78 Å². The van der Waals surface area contributed by atoms with Gasteiger partial charge >= 0.3 is 0 Å². The maximum Gasteiger partial charge on any atom is 0.134 e. The standard InChI is InChI=1S/C65H72F2N4S8/c1-7-13-17-19-23-41-25-27-49(72-41)51-29-31-53(74-51)57-47(66)33-43(59-61(57)70-78-68-59)55-35-45-63(76-55)64-46(65(45,37-39(11-5)21-15-9-3)38-40(12-6)22-16-10-4)36-56(77-64)44-34-48(67)58(62-60(44)69-79-71-62)54-32-30-52(75-54)50-28-26-42(73-50)24-20-18-14-8-2/h25-36,39-40H,7-24,37-38H2,1-6H3. The first kappa shape index (κ1) is 57.0. The third kappa shape index (κ3) is 11.6. The Hall–Kier alpha value is -3.86. The molecule has 8 heterocycles. The fraction of sp³-hybridized carbons (Fsp3) is 0.446. The van der Waals surface area contributed by atoms with Crippen LogP contribution >= 0.6 is 91.5 Å². The second kappa shape index (κ2) is 25.7. The molecule has 2 unspecified atom stereocenters. The Morgan fingerprint density at radius 2 is 0.797 bits per heavy atom. The number of aryl methyl sites for hydroxylation is 2. The molecule has 0 radical (unpaired) electrons. The Labute approximate surface area is 499 Å². The highest BCUT2D eigenvalue weighted by molar-refractivity contribution is 7.26. The molecule has 0 aliphatic heterocycles. The summed E-state index contributed by atoms with van der Waals surface area (Å²) in [6.45, 7) is 13.9. The van der Waals surface area contributed by atoms with Gasteiger partial charge in [0.25, 0.3) is 0 Å². The summed E-state index contributed by atoms with van der Waals surface area (Å²) in [7, 11) is 0. The molecule has 79 heavy (non-hydrogen) atoms. The Morgan fingerprint density at radius 1 is 0.405 bits per heavy atom. The van der Waals surface area contributed by atoms with E-state index in [4.69, 9.17) is 17.5 Å². The summed E-state index contributed by atoms with van der Waals surface area (Å²) in [5, 5.41) is 0. The van der Waals surface area contributed by atoms with Crippen molar-refractivity contribution in [3.63, 3.8) is 0 Å². The molecule has 0 saturated heterocycles. The highest BCUT2D eigenvalue weighted by Gasteiger charge is 2.48. The molecule has 1 aliphatic carbocycles. The van der Waals surface area contributed by atoms with Crippen molar-refractivity contribution in [2.45, 2.75) is 175 Å². The van der Waals surface area contributed by atoms with Crippen LogP contribution in [0.25, 0.3) is 93.1 Å². The minimum Gasteiger partial charge on any atom is -0.206 e. The molecule has 0 amide bonds. The Bertz CT molecular complexity index is 3410. The molecule has 8 aromatic heterocycles. The van der Waals surface area contributed by atoms with Crippen molar-refractivity contribution in [2.24, 2.45) is 11.8 Å². The van der Waals surface area contributed by atoms with Crippen molar-refractivity contribution in [3.8, 4) is 71.0 Å². The van der Waals surface area contributed by atoms with Crippen LogP contribution < -0.4 is 0 Å². The van der Waals surface area contributed by atoms with Gasteiger partial charge in [0.15, 0.2) is 0 Å². The molecule has 0 N–H and O–H groups in total. The number of aromatic nitrogens is 4. The van der Waals surface area contributed by atoms with Gasteiger partial charge in [-0.25, -0.2) is 8.78 Å². The van der Waals surface area contributed by atoms with E-state index in [1.54, 1.807) is 57.5 Å². The highest BCUT2D eigenvalue weighted by atomic mass is 32.1. The molecule has 0 spiro atoms. The van der Waals surface area contributed by atoms with Crippen LogP contribution in [-0.4, -0.2) is 17.5 Å². The van der Waals surface area contributed by atoms with Gasteiger partial charge in [-0.1, -0.05) is 131 Å². The predicted octanol–water partition coefficient (Wildman–Crippen LogP) is 24.1. The van der Waals surface area contributed by atoms with Crippen molar-refractivity contribution >= 4 is 114 Å².